The van der Waals surface area contributed by atoms with Gasteiger partial charge in [-0.1, -0.05) is 152 Å². The first-order valence-electron chi connectivity index (χ1n) is 24.9. The Balaban J connectivity index is 2.64. The molecule has 1 rings (SSSR count). The second-order valence-electron chi connectivity index (χ2n) is 17.4. The molecule has 8 N–H and O–H groups in total. The highest BCUT2D eigenvalue weighted by Gasteiger charge is 2.54. The lowest BCUT2D eigenvalue weighted by atomic mass is 9.85. The van der Waals surface area contributed by atoms with Crippen LogP contribution in [0.1, 0.15) is 174 Å². The second kappa shape index (κ2) is 39.3. The maximum atomic E-state index is 13.0. The van der Waals surface area contributed by atoms with Gasteiger partial charge in [0.1, 0.15) is 43.2 Å². The van der Waals surface area contributed by atoms with E-state index in [0.717, 1.165) is 64.2 Å². The van der Waals surface area contributed by atoms with Crippen LogP contribution in [0.25, 0.3) is 0 Å². The number of hydrogen-bond donors (Lipinski definition) is 8. The first-order valence-corrected chi connectivity index (χ1v) is 28.0. The van der Waals surface area contributed by atoms with E-state index >= 15 is 0 Å². The van der Waals surface area contributed by atoms with E-state index in [9.17, 15) is 58.9 Å². The Morgan fingerprint density at radius 1 is 0.544 bits per heavy atom. The third-order valence-corrected chi connectivity index (χ3v) is 12.6. The molecule has 9 atom stereocenters. The van der Waals surface area contributed by atoms with Crippen LogP contribution in [0.4, 0.5) is 0 Å². The summed E-state index contributed by atoms with van der Waals surface area (Å²) in [4.78, 5) is 54.3. The van der Waals surface area contributed by atoms with Gasteiger partial charge in [0, 0.05) is 12.8 Å². The lowest BCUT2D eigenvalue weighted by molar-refractivity contribution is -0.216. The van der Waals surface area contributed by atoms with Crippen LogP contribution >= 0.6 is 15.6 Å². The monoisotopic (exact) mass is 1010 g/mol. The van der Waals surface area contributed by atoms with Crippen molar-refractivity contribution in [2.75, 3.05) is 13.2 Å². The first kappa shape index (κ1) is 63.7. The topological polar surface area (TPSA) is 276 Å². The summed E-state index contributed by atoms with van der Waals surface area (Å²) in [6.07, 6.45) is 27.7. The van der Waals surface area contributed by atoms with Crippen molar-refractivity contribution in [3.8, 4) is 0 Å². The standard InChI is InChI=1S/C49H86O17P2/c1-3-5-7-9-11-12-13-14-15-16-17-18-19-20-24-28-32-36-42(51)62-38-41(39-63-68(60,61)66-49-46(55)44(53)45(54)48(47(49)56)65-67(57,58)59)64-43(52)37-33-29-25-21-23-27-31-35-40(50)34-30-26-22-10-8-6-4-2/h14-15,21-22,25-27,30-31,34,40-41,44-50,53-56H,3-13,16-20,23-24,28-29,32-33,35-39H2,1-2H3,(H,60,61)(H2,57,58,59)/b15-14-,25-21+,26-22-,31-27-,34-30-/t40-,41+,44?,45?,46?,47?,48+,49-/m0/s1. The van der Waals surface area contributed by atoms with Gasteiger partial charge in [-0.2, -0.15) is 0 Å². The molecule has 0 aliphatic heterocycles. The Morgan fingerprint density at radius 2 is 1.04 bits per heavy atom. The number of phosphoric acid groups is 2. The third kappa shape index (κ3) is 33.3. The van der Waals surface area contributed by atoms with Crippen molar-refractivity contribution in [2.45, 2.75) is 223 Å². The van der Waals surface area contributed by atoms with Crippen LogP contribution in [0.15, 0.2) is 60.8 Å². The summed E-state index contributed by atoms with van der Waals surface area (Å²) >= 11 is 0. The number of carbonyl (C=O) groups is 2. The molecule has 0 spiro atoms. The first-order chi connectivity index (χ1) is 32.5. The largest absolute Gasteiger partial charge is 0.472 e. The predicted octanol–water partition coefficient (Wildman–Crippen LogP) is 8.81. The Hall–Kier alpha value is -2.34. The average Bonchev–Trinajstić information content (AvgIpc) is 3.29. The third-order valence-electron chi connectivity index (χ3n) is 11.1. The number of carbonyl (C=O) groups excluding carboxylic acids is 2. The number of phosphoric ester groups is 2. The lowest BCUT2D eigenvalue weighted by Gasteiger charge is -2.43. The zero-order valence-corrected chi connectivity index (χ0v) is 42.4. The van der Waals surface area contributed by atoms with Crippen molar-refractivity contribution in [1.82, 2.24) is 0 Å². The molecular formula is C49H86O17P2. The highest BCUT2D eigenvalue weighted by Crippen LogP contribution is 2.49. The minimum atomic E-state index is -5.38. The van der Waals surface area contributed by atoms with Crippen LogP contribution in [0.3, 0.4) is 0 Å². The molecule has 0 heterocycles. The number of ether oxygens (including phenoxy) is 2. The van der Waals surface area contributed by atoms with Gasteiger partial charge in [0.25, 0.3) is 0 Å². The molecule has 0 radical (unpaired) electrons. The second-order valence-corrected chi connectivity index (χ2v) is 20.0. The van der Waals surface area contributed by atoms with Gasteiger partial charge in [-0.3, -0.25) is 23.2 Å². The normalized spacial score (nSPS) is 22.2. The van der Waals surface area contributed by atoms with E-state index in [-0.39, 0.29) is 12.8 Å². The number of allylic oxidation sites excluding steroid dienone is 8. The fourth-order valence-electron chi connectivity index (χ4n) is 7.21. The summed E-state index contributed by atoms with van der Waals surface area (Å²) in [5, 5.41) is 51.4. The molecule has 68 heavy (non-hydrogen) atoms. The summed E-state index contributed by atoms with van der Waals surface area (Å²) in [6.45, 7) is 2.96. The Kier molecular flexibility index (Phi) is 36.8. The maximum Gasteiger partial charge on any atom is 0.472 e. The zero-order valence-electron chi connectivity index (χ0n) is 40.6. The SMILES string of the molecule is CCCCC/C=C\C=C/[C@H](O)C/C=C\C/C=C/CCCC(=O)O[C@H](COC(=O)CCCCCCCCC/C=C\CCCCCCCC)COP(=O)(O)O[C@H]1C(O)C(O)C(O)[C@@H](OP(=O)(O)O)C1O. The van der Waals surface area contributed by atoms with Gasteiger partial charge in [0.2, 0.25) is 0 Å². The maximum absolute atomic E-state index is 13.0. The summed E-state index contributed by atoms with van der Waals surface area (Å²) in [6, 6.07) is 0. The van der Waals surface area contributed by atoms with Crippen LogP contribution < -0.4 is 0 Å². The highest BCUT2D eigenvalue weighted by molar-refractivity contribution is 7.47. The van der Waals surface area contributed by atoms with Crippen molar-refractivity contribution in [2.24, 2.45) is 0 Å². The lowest BCUT2D eigenvalue weighted by Crippen LogP contribution is -2.64. The number of unbranched alkanes of at least 4 members (excludes halogenated alkanes) is 17. The molecule has 19 heteroatoms. The van der Waals surface area contributed by atoms with Crippen molar-refractivity contribution in [3.63, 3.8) is 0 Å². The number of hydrogen-bond acceptors (Lipinski definition) is 14. The van der Waals surface area contributed by atoms with Crippen LogP contribution in [0.2, 0.25) is 0 Å². The van der Waals surface area contributed by atoms with Gasteiger partial charge in [0.05, 0.1) is 12.7 Å². The number of aliphatic hydroxyl groups is 5. The van der Waals surface area contributed by atoms with Crippen molar-refractivity contribution in [3.05, 3.63) is 60.8 Å². The molecule has 0 aromatic heterocycles. The van der Waals surface area contributed by atoms with E-state index in [1.54, 1.807) is 6.08 Å². The van der Waals surface area contributed by atoms with E-state index in [4.69, 9.17) is 18.5 Å². The number of aliphatic hydroxyl groups excluding tert-OH is 5. The van der Waals surface area contributed by atoms with Gasteiger partial charge < -0.3 is 49.7 Å². The molecule has 5 unspecified atom stereocenters. The van der Waals surface area contributed by atoms with Crippen molar-refractivity contribution in [1.29, 1.82) is 0 Å². The van der Waals surface area contributed by atoms with Crippen LogP contribution in [0.5, 0.6) is 0 Å². The summed E-state index contributed by atoms with van der Waals surface area (Å²) < 4.78 is 49.3. The van der Waals surface area contributed by atoms with Crippen LogP contribution in [-0.4, -0.2) is 114 Å². The fourth-order valence-corrected chi connectivity index (χ4v) is 8.75. The van der Waals surface area contributed by atoms with E-state index in [1.807, 2.05) is 36.5 Å². The Labute approximate surface area is 405 Å². The molecule has 0 amide bonds. The molecule has 1 saturated carbocycles. The minimum Gasteiger partial charge on any atom is -0.462 e. The molecular weight excluding hydrogens is 922 g/mol. The molecule has 0 bridgehead atoms. The Morgan fingerprint density at radius 3 is 1.68 bits per heavy atom. The van der Waals surface area contributed by atoms with Crippen LogP contribution in [0, 0.1) is 0 Å². The zero-order chi connectivity index (χ0) is 50.5. The molecule has 0 aromatic carbocycles. The minimum absolute atomic E-state index is 0.0684. The van der Waals surface area contributed by atoms with Crippen LogP contribution in [-0.2, 0) is 41.8 Å². The molecule has 1 fully saturated rings. The van der Waals surface area contributed by atoms with Crippen molar-refractivity contribution < 1.29 is 82.0 Å². The van der Waals surface area contributed by atoms with Gasteiger partial charge in [-0.15, -0.1) is 0 Å². The molecule has 0 aromatic rings. The quantitative estimate of drug-likeness (QED) is 0.00934. The van der Waals surface area contributed by atoms with Crippen molar-refractivity contribution >= 4 is 27.6 Å². The van der Waals surface area contributed by atoms with E-state index in [1.165, 1.54) is 51.4 Å². The molecule has 394 valence electrons. The molecule has 1 aliphatic carbocycles. The van der Waals surface area contributed by atoms with E-state index < -0.39 is 89.6 Å². The molecule has 0 saturated heterocycles. The number of esters is 2. The summed E-state index contributed by atoms with van der Waals surface area (Å²) in [7, 11) is -10.7. The van der Waals surface area contributed by atoms with Gasteiger partial charge >= 0.3 is 27.6 Å². The van der Waals surface area contributed by atoms with Gasteiger partial charge in [-0.25, -0.2) is 9.13 Å². The smallest absolute Gasteiger partial charge is 0.462 e. The van der Waals surface area contributed by atoms with E-state index in [2.05, 4.69) is 36.6 Å². The average molecular weight is 1010 g/mol. The van der Waals surface area contributed by atoms with Gasteiger partial charge in [-0.05, 0) is 70.6 Å². The summed E-state index contributed by atoms with van der Waals surface area (Å²) in [5.41, 5.74) is 0. The number of rotatable bonds is 41. The predicted molar refractivity (Wildman–Crippen MR) is 261 cm³/mol. The van der Waals surface area contributed by atoms with E-state index in [0.29, 0.717) is 32.1 Å². The van der Waals surface area contributed by atoms with Gasteiger partial charge in [0.15, 0.2) is 6.10 Å². The fraction of sp³-hybridized carbons (Fsp3) is 0.755. The summed E-state index contributed by atoms with van der Waals surface area (Å²) in [5.74, 6) is -1.32. The Bertz CT molecular complexity index is 1560. The molecule has 1 aliphatic rings. The molecule has 17 nitrogen and oxygen atoms in total. The highest BCUT2D eigenvalue weighted by atomic mass is 31.2.